The largest absolute Gasteiger partial charge is 0.494 e. The van der Waals surface area contributed by atoms with E-state index in [4.69, 9.17) is 4.74 Å². The van der Waals surface area contributed by atoms with Gasteiger partial charge in [-0.3, -0.25) is 29.9 Å². The first-order valence-corrected chi connectivity index (χ1v) is 11.0. The lowest BCUT2D eigenvalue weighted by atomic mass is 10.1. The second-order valence-corrected chi connectivity index (χ2v) is 8.05. The Morgan fingerprint density at radius 2 is 1.68 bits per heavy atom. The lowest BCUT2D eigenvalue weighted by Crippen LogP contribution is -2.39. The molecule has 3 aromatic rings. The van der Waals surface area contributed by atoms with Gasteiger partial charge in [-0.2, -0.15) is 0 Å². The van der Waals surface area contributed by atoms with Crippen LogP contribution in [-0.2, 0) is 0 Å². The number of carbonyl (C=O) groups excluding carboxylic acids is 1. The topological polar surface area (TPSA) is 132 Å². The molecular weight excluding hydrogens is 486 g/mol. The van der Waals surface area contributed by atoms with E-state index in [1.54, 1.807) is 6.07 Å². The predicted octanol–water partition coefficient (Wildman–Crippen LogP) is 4.53. The number of nitro benzene ring substituents is 2. The van der Waals surface area contributed by atoms with Crippen LogP contribution in [0.15, 0.2) is 36.4 Å². The molecule has 1 aromatic heterocycles. The SMILES string of the molecule is CCN(CC)CCN(C(=O)c1cc([N+](=O)[O-])cc([N+](=O)[O-])c1)c1nc2c(OC)cccc2s1.Cl. The molecule has 0 bridgehead atoms. The summed E-state index contributed by atoms with van der Waals surface area (Å²) in [4.78, 5) is 42.7. The summed E-state index contributed by atoms with van der Waals surface area (Å²) < 4.78 is 6.17. The molecular formula is C21H24ClN5O6S. The highest BCUT2D eigenvalue weighted by molar-refractivity contribution is 7.22. The van der Waals surface area contributed by atoms with E-state index in [-0.39, 0.29) is 24.5 Å². The van der Waals surface area contributed by atoms with Gasteiger partial charge in [0.2, 0.25) is 0 Å². The fourth-order valence-corrected chi connectivity index (χ4v) is 4.35. The van der Waals surface area contributed by atoms with Crippen LogP contribution in [0.3, 0.4) is 0 Å². The van der Waals surface area contributed by atoms with Gasteiger partial charge in [-0.05, 0) is 25.2 Å². The average molecular weight is 510 g/mol. The van der Waals surface area contributed by atoms with E-state index in [1.165, 1.54) is 23.3 Å². The highest BCUT2D eigenvalue weighted by Crippen LogP contribution is 2.35. The number of aromatic nitrogens is 1. The standard InChI is InChI=1S/C21H23N5O6S.ClH/c1-4-23(5-2)9-10-24(21-22-19-17(32-3)7-6-8-18(19)33-21)20(27)14-11-15(25(28)29)13-16(12-14)26(30)31;/h6-8,11-13H,4-5,9-10H2,1-3H3;1H. The van der Waals surface area contributed by atoms with Gasteiger partial charge in [-0.1, -0.05) is 31.3 Å². The molecule has 0 aliphatic heterocycles. The molecule has 2 aromatic carbocycles. The number of carbonyl (C=O) groups is 1. The van der Waals surface area contributed by atoms with E-state index < -0.39 is 27.1 Å². The maximum absolute atomic E-state index is 13.5. The number of nitro groups is 2. The maximum Gasteiger partial charge on any atom is 0.277 e. The number of nitrogens with zero attached hydrogens (tertiary/aromatic N) is 5. The van der Waals surface area contributed by atoms with Crippen molar-refractivity contribution in [2.75, 3.05) is 38.2 Å². The molecule has 0 unspecified atom stereocenters. The third-order valence-corrected chi connectivity index (χ3v) is 6.22. The molecule has 0 spiro atoms. The van der Waals surface area contributed by atoms with Crippen LogP contribution in [-0.4, -0.2) is 58.9 Å². The van der Waals surface area contributed by atoms with Gasteiger partial charge in [0.25, 0.3) is 17.3 Å². The summed E-state index contributed by atoms with van der Waals surface area (Å²) in [6.45, 7) is 6.33. The number of likely N-dealkylation sites (N-methyl/N-ethyl adjacent to an activating group) is 1. The zero-order chi connectivity index (χ0) is 24.1. The Bertz CT molecular complexity index is 1170. The minimum atomic E-state index is -0.757. The maximum atomic E-state index is 13.5. The van der Waals surface area contributed by atoms with Gasteiger partial charge in [0, 0.05) is 25.2 Å². The molecule has 13 heteroatoms. The molecule has 11 nitrogen and oxygen atoms in total. The molecule has 0 aliphatic rings. The Labute approximate surface area is 205 Å². The van der Waals surface area contributed by atoms with Gasteiger partial charge in [-0.25, -0.2) is 4.98 Å². The molecule has 0 radical (unpaired) electrons. The van der Waals surface area contributed by atoms with Crippen molar-refractivity contribution in [1.82, 2.24) is 9.88 Å². The molecule has 1 amide bonds. The summed E-state index contributed by atoms with van der Waals surface area (Å²) in [6, 6.07) is 8.36. The number of ether oxygens (including phenoxy) is 1. The number of amides is 1. The number of benzene rings is 2. The van der Waals surface area contributed by atoms with Crippen molar-refractivity contribution in [2.24, 2.45) is 0 Å². The van der Waals surface area contributed by atoms with E-state index in [0.29, 0.717) is 22.9 Å². The van der Waals surface area contributed by atoms with Gasteiger partial charge in [0.15, 0.2) is 5.13 Å². The second-order valence-electron chi connectivity index (χ2n) is 7.04. The second kappa shape index (κ2) is 11.7. The van der Waals surface area contributed by atoms with Gasteiger partial charge in [0.1, 0.15) is 11.3 Å². The minimum absolute atomic E-state index is 0. The van der Waals surface area contributed by atoms with Crippen molar-refractivity contribution in [1.29, 1.82) is 0 Å². The minimum Gasteiger partial charge on any atom is -0.494 e. The summed E-state index contributed by atoms with van der Waals surface area (Å²) in [7, 11) is 1.53. The Morgan fingerprint density at radius 3 is 2.21 bits per heavy atom. The number of fused-ring (bicyclic) bond motifs is 1. The molecule has 182 valence electrons. The molecule has 3 rings (SSSR count). The van der Waals surface area contributed by atoms with Crippen molar-refractivity contribution in [3.63, 3.8) is 0 Å². The first-order chi connectivity index (χ1) is 15.8. The quantitative estimate of drug-likeness (QED) is 0.287. The molecule has 0 aliphatic carbocycles. The van der Waals surface area contributed by atoms with E-state index in [9.17, 15) is 25.0 Å². The number of methoxy groups -OCH3 is 1. The third-order valence-electron chi connectivity index (χ3n) is 5.17. The number of hydrogen-bond acceptors (Lipinski definition) is 9. The number of halogens is 1. The summed E-state index contributed by atoms with van der Waals surface area (Å²) in [5.41, 5.74) is -0.614. The van der Waals surface area contributed by atoms with E-state index in [2.05, 4.69) is 9.88 Å². The molecule has 0 saturated carbocycles. The number of thiazole rings is 1. The van der Waals surface area contributed by atoms with Gasteiger partial charge in [0.05, 0.1) is 33.3 Å². The number of non-ortho nitro benzene ring substituents is 2. The van der Waals surface area contributed by atoms with Crippen molar-refractivity contribution in [3.8, 4) is 5.75 Å². The van der Waals surface area contributed by atoms with Gasteiger partial charge >= 0.3 is 0 Å². The lowest BCUT2D eigenvalue weighted by molar-refractivity contribution is -0.394. The van der Waals surface area contributed by atoms with Crippen LogP contribution in [0.5, 0.6) is 5.75 Å². The summed E-state index contributed by atoms with van der Waals surface area (Å²) >= 11 is 1.27. The van der Waals surface area contributed by atoms with Crippen LogP contribution >= 0.6 is 23.7 Å². The van der Waals surface area contributed by atoms with E-state index >= 15 is 0 Å². The molecule has 34 heavy (non-hydrogen) atoms. The Hall–Kier alpha value is -3.35. The zero-order valence-corrected chi connectivity index (χ0v) is 20.4. The van der Waals surface area contributed by atoms with Crippen LogP contribution in [0.25, 0.3) is 10.2 Å². The Morgan fingerprint density at radius 1 is 1.06 bits per heavy atom. The number of para-hydroxylation sites is 1. The zero-order valence-electron chi connectivity index (χ0n) is 18.8. The third kappa shape index (κ3) is 5.76. The number of hydrogen-bond donors (Lipinski definition) is 0. The average Bonchev–Trinajstić information content (AvgIpc) is 3.25. The molecule has 0 saturated heterocycles. The molecule has 0 N–H and O–H groups in total. The summed E-state index contributed by atoms with van der Waals surface area (Å²) in [6.07, 6.45) is 0. The van der Waals surface area contributed by atoms with Crippen molar-refractivity contribution in [3.05, 3.63) is 62.2 Å². The normalized spacial score (nSPS) is 10.7. The van der Waals surface area contributed by atoms with Gasteiger partial charge < -0.3 is 9.64 Å². The van der Waals surface area contributed by atoms with Crippen LogP contribution < -0.4 is 9.64 Å². The summed E-state index contributed by atoms with van der Waals surface area (Å²) in [5.74, 6) is -0.0518. The first kappa shape index (κ1) is 26.9. The monoisotopic (exact) mass is 509 g/mol. The van der Waals surface area contributed by atoms with Crippen LogP contribution in [0.4, 0.5) is 16.5 Å². The van der Waals surface area contributed by atoms with Crippen LogP contribution in [0.1, 0.15) is 24.2 Å². The van der Waals surface area contributed by atoms with E-state index in [0.717, 1.165) is 36.0 Å². The first-order valence-electron chi connectivity index (χ1n) is 10.2. The van der Waals surface area contributed by atoms with Crippen molar-refractivity contribution >= 4 is 56.4 Å². The Kier molecular flexibility index (Phi) is 9.24. The van der Waals surface area contributed by atoms with E-state index in [1.807, 2.05) is 26.0 Å². The number of anilines is 1. The van der Waals surface area contributed by atoms with Crippen LogP contribution in [0, 0.1) is 20.2 Å². The molecule has 0 fully saturated rings. The number of rotatable bonds is 10. The highest BCUT2D eigenvalue weighted by atomic mass is 35.5. The lowest BCUT2D eigenvalue weighted by Gasteiger charge is -2.24. The predicted molar refractivity (Wildman–Crippen MR) is 133 cm³/mol. The van der Waals surface area contributed by atoms with Gasteiger partial charge in [-0.15, -0.1) is 12.4 Å². The van der Waals surface area contributed by atoms with Crippen molar-refractivity contribution < 1.29 is 19.4 Å². The smallest absolute Gasteiger partial charge is 0.277 e. The Balaban J connectivity index is 0.00000408. The van der Waals surface area contributed by atoms with Crippen LogP contribution in [0.2, 0.25) is 0 Å². The molecule has 0 atom stereocenters. The summed E-state index contributed by atoms with van der Waals surface area (Å²) in [5, 5.41) is 23.0. The highest BCUT2D eigenvalue weighted by Gasteiger charge is 2.26. The fraction of sp³-hybridized carbons (Fsp3) is 0.333. The fourth-order valence-electron chi connectivity index (χ4n) is 3.34. The molecule has 1 heterocycles. The van der Waals surface area contributed by atoms with Crippen molar-refractivity contribution in [2.45, 2.75) is 13.8 Å².